The number of aliphatic carboxylic acids is 1. The molecule has 2 atom stereocenters. The summed E-state index contributed by atoms with van der Waals surface area (Å²) < 4.78 is -0.0646. The molecule has 2 nitrogen and oxygen atoms in total. The second-order valence-corrected chi connectivity index (χ2v) is 6.01. The molecule has 0 spiro atoms. The Morgan fingerprint density at radius 1 is 1.33 bits per heavy atom. The van der Waals surface area contributed by atoms with Crippen molar-refractivity contribution in [2.45, 2.75) is 4.16 Å². The minimum Gasteiger partial charge on any atom is -0.481 e. The quantitative estimate of drug-likeness (QED) is 0.848. The van der Waals surface area contributed by atoms with Crippen LogP contribution in [0.15, 0.2) is 36.4 Å². The van der Waals surface area contributed by atoms with Crippen LogP contribution in [0.4, 0.5) is 0 Å². The molecule has 0 radical (unpaired) electrons. The van der Waals surface area contributed by atoms with Crippen LogP contribution in [0.3, 0.4) is 0 Å². The van der Waals surface area contributed by atoms with Crippen molar-refractivity contribution in [3.8, 4) is 0 Å². The second kappa shape index (κ2) is 4.41. The predicted octanol–water partition coefficient (Wildman–Crippen LogP) is 3.20. The van der Waals surface area contributed by atoms with Crippen LogP contribution in [0, 0.1) is 5.92 Å². The zero-order valence-electron chi connectivity index (χ0n) is 7.76. The minimum absolute atomic E-state index is 0.0646. The van der Waals surface area contributed by atoms with Gasteiger partial charge in [-0.25, -0.2) is 0 Å². The molecule has 1 heterocycles. The van der Waals surface area contributed by atoms with Gasteiger partial charge in [-0.3, -0.25) is 4.79 Å². The average molecular weight is 285 g/mol. The summed E-state index contributed by atoms with van der Waals surface area (Å²) in [6.45, 7) is 0. The van der Waals surface area contributed by atoms with Crippen LogP contribution >= 0.6 is 27.7 Å². The Kier molecular flexibility index (Phi) is 3.17. The normalized spacial score (nSPS) is 25.0. The fourth-order valence-electron chi connectivity index (χ4n) is 1.42. The number of alkyl halides is 1. The highest BCUT2D eigenvalue weighted by molar-refractivity contribution is 9.11. The fourth-order valence-corrected chi connectivity index (χ4v) is 3.49. The molecule has 1 aliphatic rings. The number of thioether (sulfide) groups is 1. The summed E-state index contributed by atoms with van der Waals surface area (Å²) in [6, 6.07) is 9.83. The molecule has 4 heteroatoms. The topological polar surface area (TPSA) is 37.3 Å². The van der Waals surface area contributed by atoms with E-state index in [1.54, 1.807) is 11.8 Å². The maximum absolute atomic E-state index is 10.9. The number of benzene rings is 1. The van der Waals surface area contributed by atoms with Gasteiger partial charge < -0.3 is 5.11 Å². The van der Waals surface area contributed by atoms with Crippen LogP contribution in [0.2, 0.25) is 0 Å². The van der Waals surface area contributed by atoms with Gasteiger partial charge in [0.25, 0.3) is 0 Å². The smallest absolute Gasteiger partial charge is 0.312 e. The van der Waals surface area contributed by atoms with Crippen molar-refractivity contribution < 1.29 is 9.90 Å². The highest BCUT2D eigenvalue weighted by Gasteiger charge is 2.31. The van der Waals surface area contributed by atoms with E-state index in [1.807, 2.05) is 36.4 Å². The molecular weight excluding hydrogens is 276 g/mol. The van der Waals surface area contributed by atoms with Gasteiger partial charge in [-0.2, -0.15) is 0 Å². The molecule has 0 aromatic heterocycles. The van der Waals surface area contributed by atoms with Gasteiger partial charge in [-0.05, 0) is 5.56 Å². The van der Waals surface area contributed by atoms with Gasteiger partial charge in [-0.1, -0.05) is 52.3 Å². The number of rotatable bonds is 2. The number of carboxylic acids is 1. The van der Waals surface area contributed by atoms with E-state index in [0.29, 0.717) is 0 Å². The highest BCUT2D eigenvalue weighted by Crippen LogP contribution is 2.45. The first-order chi connectivity index (χ1) is 7.18. The number of halogens is 1. The largest absolute Gasteiger partial charge is 0.481 e. The zero-order chi connectivity index (χ0) is 10.8. The highest BCUT2D eigenvalue weighted by atomic mass is 79.9. The van der Waals surface area contributed by atoms with Gasteiger partial charge >= 0.3 is 5.97 Å². The Bertz CT molecular complexity index is 402. The molecule has 0 amide bonds. The molecule has 2 rings (SSSR count). The van der Waals surface area contributed by atoms with Gasteiger partial charge in [0, 0.05) is 4.91 Å². The number of carbonyl (C=O) groups is 1. The first-order valence-corrected chi connectivity index (χ1v) is 6.29. The summed E-state index contributed by atoms with van der Waals surface area (Å²) in [5, 5.41) is 8.96. The van der Waals surface area contributed by atoms with E-state index in [0.717, 1.165) is 10.5 Å². The molecule has 2 unspecified atom stereocenters. The number of hydrogen-bond donors (Lipinski definition) is 1. The third kappa shape index (κ3) is 2.26. The SMILES string of the molecule is O=C(O)C1C=C(c2ccccc2)SC1Br. The molecule has 15 heavy (non-hydrogen) atoms. The maximum Gasteiger partial charge on any atom is 0.312 e. The van der Waals surface area contributed by atoms with Crippen LogP contribution < -0.4 is 0 Å². The fraction of sp³-hybridized carbons (Fsp3) is 0.182. The molecule has 0 saturated carbocycles. The zero-order valence-corrected chi connectivity index (χ0v) is 10.2. The van der Waals surface area contributed by atoms with Gasteiger partial charge in [0.05, 0.1) is 10.1 Å². The molecule has 0 saturated heterocycles. The van der Waals surface area contributed by atoms with Crippen LogP contribution in [0.25, 0.3) is 4.91 Å². The Morgan fingerprint density at radius 2 is 2.00 bits per heavy atom. The van der Waals surface area contributed by atoms with Crippen LogP contribution in [0.5, 0.6) is 0 Å². The second-order valence-electron chi connectivity index (χ2n) is 3.23. The average Bonchev–Trinajstić information content (AvgIpc) is 2.62. The van der Waals surface area contributed by atoms with Gasteiger partial charge in [0.1, 0.15) is 0 Å². The van der Waals surface area contributed by atoms with E-state index >= 15 is 0 Å². The number of hydrogen-bond acceptors (Lipinski definition) is 2. The van der Waals surface area contributed by atoms with Gasteiger partial charge in [0.15, 0.2) is 0 Å². The van der Waals surface area contributed by atoms with E-state index in [4.69, 9.17) is 5.11 Å². The summed E-state index contributed by atoms with van der Waals surface area (Å²) in [5.41, 5.74) is 1.08. The van der Waals surface area contributed by atoms with Gasteiger partial charge in [-0.15, -0.1) is 11.8 Å². The molecule has 0 bridgehead atoms. The van der Waals surface area contributed by atoms with Crippen LogP contribution in [0.1, 0.15) is 5.56 Å². The summed E-state index contributed by atoms with van der Waals surface area (Å²) in [5.74, 6) is -1.22. The molecule has 1 aliphatic heterocycles. The van der Waals surface area contributed by atoms with Crippen molar-refractivity contribution in [3.63, 3.8) is 0 Å². The summed E-state index contributed by atoms with van der Waals surface area (Å²) >= 11 is 4.93. The van der Waals surface area contributed by atoms with Crippen molar-refractivity contribution >= 4 is 38.6 Å². The third-order valence-corrected chi connectivity index (χ3v) is 4.47. The molecule has 0 fully saturated rings. The van der Waals surface area contributed by atoms with Crippen LogP contribution in [-0.4, -0.2) is 15.2 Å². The lowest BCUT2D eigenvalue weighted by Gasteiger charge is -2.05. The lowest BCUT2D eigenvalue weighted by molar-refractivity contribution is -0.139. The van der Waals surface area contributed by atoms with Crippen LogP contribution in [-0.2, 0) is 4.79 Å². The Morgan fingerprint density at radius 3 is 2.53 bits per heavy atom. The number of carboxylic acid groups (broad SMARTS) is 1. The monoisotopic (exact) mass is 284 g/mol. The van der Waals surface area contributed by atoms with Crippen molar-refractivity contribution in [1.82, 2.24) is 0 Å². The maximum atomic E-state index is 10.9. The van der Waals surface area contributed by atoms with Crippen molar-refractivity contribution in [2.24, 2.45) is 5.92 Å². The first kappa shape index (κ1) is 10.8. The predicted molar refractivity (Wildman–Crippen MR) is 65.9 cm³/mol. The van der Waals surface area contributed by atoms with Crippen molar-refractivity contribution in [2.75, 3.05) is 0 Å². The molecule has 78 valence electrons. The Hall–Kier alpha value is -0.740. The van der Waals surface area contributed by atoms with E-state index in [9.17, 15) is 4.79 Å². The Balaban J connectivity index is 2.27. The standard InChI is InChI=1S/C11H9BrO2S/c12-10-8(11(13)14)6-9(15-10)7-4-2-1-3-5-7/h1-6,8,10H,(H,13,14). The third-order valence-electron chi connectivity index (χ3n) is 2.20. The van der Waals surface area contributed by atoms with Gasteiger partial charge in [0.2, 0.25) is 0 Å². The lowest BCUT2D eigenvalue weighted by atomic mass is 10.1. The summed E-state index contributed by atoms with van der Waals surface area (Å²) in [4.78, 5) is 11.9. The van der Waals surface area contributed by atoms with Crippen molar-refractivity contribution in [3.05, 3.63) is 42.0 Å². The summed E-state index contributed by atoms with van der Waals surface area (Å²) in [7, 11) is 0. The summed E-state index contributed by atoms with van der Waals surface area (Å²) in [6.07, 6.45) is 1.81. The van der Waals surface area contributed by atoms with E-state index in [-0.39, 0.29) is 4.16 Å². The van der Waals surface area contributed by atoms with E-state index in [1.165, 1.54) is 0 Å². The van der Waals surface area contributed by atoms with Crippen molar-refractivity contribution in [1.29, 1.82) is 0 Å². The molecule has 0 aliphatic carbocycles. The first-order valence-electron chi connectivity index (χ1n) is 4.49. The van der Waals surface area contributed by atoms with E-state index < -0.39 is 11.9 Å². The van der Waals surface area contributed by atoms with E-state index in [2.05, 4.69) is 15.9 Å². The Labute approximate surface area is 101 Å². The minimum atomic E-state index is -0.782. The molecular formula is C11H9BrO2S. The molecule has 1 N–H and O–H groups in total. The molecule has 1 aromatic carbocycles. The lowest BCUT2D eigenvalue weighted by Crippen LogP contribution is -2.15. The molecule has 1 aromatic rings.